The number of hydrogen-bond acceptors (Lipinski definition) is 12. The number of esters is 5. The molecule has 1 saturated heterocycles. The average molecular weight is 2000 g/mol. The van der Waals surface area contributed by atoms with Crippen molar-refractivity contribution in [2.45, 2.75) is 460 Å². The normalized spacial score (nSPS) is 30.2. The molecule has 818 valence electrons. The van der Waals surface area contributed by atoms with Crippen molar-refractivity contribution >= 4 is 29.8 Å². The molecule has 25 unspecified atom stereocenters. The molecule has 0 aromatic heterocycles. The van der Waals surface area contributed by atoms with E-state index in [1.54, 1.807) is 13.8 Å². The number of carbonyl (C=O) groups is 5. The van der Waals surface area contributed by atoms with Gasteiger partial charge in [-0.25, -0.2) is 0 Å². The second-order valence-electron chi connectivity index (χ2n) is 40.4. The minimum atomic E-state index is -4.91. The molecule has 0 N–H and O–H groups in total. The molecule has 0 spiro atoms. The van der Waals surface area contributed by atoms with E-state index in [0.717, 1.165) is 32.8 Å². The molecule has 1 aliphatic heterocycles. The fourth-order valence-electron chi connectivity index (χ4n) is 18.8. The van der Waals surface area contributed by atoms with Gasteiger partial charge in [-0.3, -0.25) is 24.0 Å². The summed E-state index contributed by atoms with van der Waals surface area (Å²) in [5, 5.41) is 0. The molecule has 0 radical (unpaired) electrons. The van der Waals surface area contributed by atoms with Crippen LogP contribution in [0, 0.1) is 145 Å². The van der Waals surface area contributed by atoms with Crippen molar-refractivity contribution in [3.8, 4) is 0 Å². The van der Waals surface area contributed by atoms with E-state index in [1.807, 2.05) is 125 Å². The zero-order chi connectivity index (χ0) is 96.4. The standard InChI is InChI=1S/C14H18F6O2.C14H28O2.C13H16F6O2.C12H17F3O2.C10H15F3.C10H20O2.C7H14O2.C5H9F3.C4H10.12CH4/c1-6-7(2)10-4-9(6)5-12(10,14(18,19)20)11(21)22-8(3)13(15,16)17;1-8-14(6,7)12(15)16-10-11(2)9-13(3,4)5;1-6-7(2)9-3-8(6)4-11(9,13(17,18)19)10(20)21-5-12(14,15)16;1-6-7(2)9-4-8(6)5-11(9,10(16)17-3)12(13,14)15;1-5-6(2)8-3-7(5)4-9(8)10(11,12)13;1-7-10(5,6)8(11)12-9(2,3)4;1-5-6(2)9-7(3,4)8-5;1-3-4(2)5(6,7)8;1-3-4-2;;;;;;;;;;;;/h6-10H,4-5H2,1-3H3;11H,8-10H2,1-7H3;6-9H,3-5H2,1-2H3;6-9H,4-5H2,1-3H3;5-9H,3-4H2,1-2H3;7H2,1-6H3;5-6H,1-4H3;4H,3H2,1-2H3;3-4H2,1-2H3;12*1H4. The molecule has 33 heteroatoms. The fraction of sp³-hybridized carbons (Fsp3) is 0.950. The molecule has 8 aliphatic carbocycles. The first-order chi connectivity index (χ1) is 54.6. The van der Waals surface area contributed by atoms with Crippen LogP contribution in [0.15, 0.2) is 0 Å². The first kappa shape index (κ1) is 155. The molecule has 134 heavy (non-hydrogen) atoms. The summed E-state index contributed by atoms with van der Waals surface area (Å²) in [5.41, 5.74) is -8.61. The Labute approximate surface area is 800 Å². The number of hydrogen-bond donors (Lipinski definition) is 0. The van der Waals surface area contributed by atoms with Crippen LogP contribution < -0.4 is 0 Å². The summed E-state index contributed by atoms with van der Waals surface area (Å²) in [6.07, 6.45) is -27.5. The van der Waals surface area contributed by atoms with Gasteiger partial charge in [0.25, 0.3) is 0 Å². The van der Waals surface area contributed by atoms with Crippen molar-refractivity contribution in [2.24, 2.45) is 145 Å². The van der Waals surface area contributed by atoms with Crippen LogP contribution in [0.4, 0.5) is 92.2 Å². The summed E-state index contributed by atoms with van der Waals surface area (Å²) in [5.74, 6) is -9.66. The lowest BCUT2D eigenvalue weighted by atomic mass is 9.65. The molecule has 8 saturated carbocycles. The average Bonchev–Trinajstić information content (AvgIpc) is 1.63. The van der Waals surface area contributed by atoms with Crippen molar-refractivity contribution in [3.63, 3.8) is 0 Å². The summed E-state index contributed by atoms with van der Waals surface area (Å²) in [6, 6.07) is 0. The van der Waals surface area contributed by atoms with E-state index < -0.39 is 133 Å². The highest BCUT2D eigenvalue weighted by atomic mass is 19.4. The quantitative estimate of drug-likeness (QED) is 0.0925. The Hall–Kier alpha value is -4.20. The van der Waals surface area contributed by atoms with Crippen molar-refractivity contribution in [2.75, 3.05) is 20.3 Å². The van der Waals surface area contributed by atoms with Crippen LogP contribution in [0.5, 0.6) is 0 Å². The van der Waals surface area contributed by atoms with Crippen LogP contribution in [0.3, 0.4) is 0 Å². The molecule has 0 amide bonds. The van der Waals surface area contributed by atoms with Gasteiger partial charge in [0.2, 0.25) is 0 Å². The molecule has 0 aromatic rings. The highest BCUT2D eigenvalue weighted by molar-refractivity contribution is 5.81. The first-order valence-corrected chi connectivity index (χ1v) is 43.3. The van der Waals surface area contributed by atoms with Crippen LogP contribution in [0.25, 0.3) is 0 Å². The number of unbranched alkanes of at least 4 members (excludes halogenated alkanes) is 1. The summed E-state index contributed by atoms with van der Waals surface area (Å²) in [6.45, 7) is 54.9. The number of fused-ring (bicyclic) bond motifs is 8. The van der Waals surface area contributed by atoms with Gasteiger partial charge in [-0.1, -0.05) is 227 Å². The van der Waals surface area contributed by atoms with E-state index >= 15 is 0 Å². The third kappa shape index (κ3) is 40.3. The highest BCUT2D eigenvalue weighted by Gasteiger charge is 2.76. The monoisotopic (exact) mass is 2000 g/mol. The van der Waals surface area contributed by atoms with Crippen molar-refractivity contribution in [1.29, 1.82) is 0 Å². The van der Waals surface area contributed by atoms with E-state index in [-0.39, 0.29) is 226 Å². The Morgan fingerprint density at radius 1 is 0.403 bits per heavy atom. The van der Waals surface area contributed by atoms with E-state index in [1.165, 1.54) is 26.7 Å². The zero-order valence-corrected chi connectivity index (χ0v) is 77.9. The van der Waals surface area contributed by atoms with Gasteiger partial charge in [0.05, 0.1) is 48.6 Å². The molecule has 25 atom stereocenters. The largest absolute Gasteiger partial charge is 0.468 e. The molecule has 9 rings (SSSR count). The number of rotatable bonds is 14. The fourth-order valence-corrected chi connectivity index (χ4v) is 18.8. The number of alkyl halides is 21. The summed E-state index contributed by atoms with van der Waals surface area (Å²) in [7, 11) is 1.04. The maximum atomic E-state index is 13.6. The predicted molar refractivity (Wildman–Crippen MR) is 504 cm³/mol. The summed E-state index contributed by atoms with van der Waals surface area (Å²) in [4.78, 5) is 58.8. The van der Waals surface area contributed by atoms with E-state index in [4.69, 9.17) is 18.9 Å². The Balaban J connectivity index is -0.000000127. The minimum absolute atomic E-state index is 0. The van der Waals surface area contributed by atoms with Crippen molar-refractivity contribution in [3.05, 3.63) is 0 Å². The molecule has 9 aliphatic rings. The van der Waals surface area contributed by atoms with Crippen molar-refractivity contribution < 1.29 is 149 Å². The van der Waals surface area contributed by atoms with Gasteiger partial charge >= 0.3 is 73.1 Å². The highest BCUT2D eigenvalue weighted by Crippen LogP contribution is 2.70. The van der Waals surface area contributed by atoms with Crippen LogP contribution >= 0.6 is 0 Å². The van der Waals surface area contributed by atoms with E-state index in [9.17, 15) is 116 Å². The van der Waals surface area contributed by atoms with Gasteiger partial charge < -0.3 is 33.2 Å². The predicted octanol–water partition coefficient (Wildman–Crippen LogP) is 35.2. The first-order valence-electron chi connectivity index (χ1n) is 43.3. The number of halogens is 21. The zero-order valence-electron chi connectivity index (χ0n) is 77.9. The SMILES string of the molecule is C.C.C.C.C.C.C.C.C.C.C.C.CC1C2CC(C1C)C(C(=O)OC(C)C(F)(F)F)(C(F)(F)F)C2.CC1C2CC(C1C)C(C(=O)OCC(F)(F)F)(C(F)(F)F)C2.CC1C2CC(C1C)C(C(F)(F)F)C2.CC1OC(C)(C)OC1C.CCC(C)(C)C(=O)OC(C)(C)C.CCC(C)(C)C(=O)OCC(C)CC(C)(C)C.CCC(C)C(F)(F)F.CCCC.COC(=O)C1(C(F)(F)F)CC2CC1C(C)C2C. The number of ether oxygens (including phenoxy) is 7. The Kier molecular flexibility index (Phi) is 67.6. The minimum Gasteiger partial charge on any atom is -0.468 e. The Morgan fingerprint density at radius 2 is 0.724 bits per heavy atom. The van der Waals surface area contributed by atoms with Gasteiger partial charge in [0.1, 0.15) is 5.60 Å². The Morgan fingerprint density at radius 3 is 0.940 bits per heavy atom. The molecule has 12 nitrogen and oxygen atoms in total. The topological polar surface area (TPSA) is 150 Å². The maximum Gasteiger partial charge on any atom is 0.425 e. The Bertz CT molecular complexity index is 3220. The lowest BCUT2D eigenvalue weighted by Gasteiger charge is -2.42. The smallest absolute Gasteiger partial charge is 0.425 e. The number of carbonyl (C=O) groups excluding carboxylic acids is 5. The second kappa shape index (κ2) is 58.4. The second-order valence-corrected chi connectivity index (χ2v) is 40.4. The van der Waals surface area contributed by atoms with Crippen LogP contribution in [0.2, 0.25) is 0 Å². The third-order valence-electron chi connectivity index (χ3n) is 28.2. The molecule has 8 bridgehead atoms. The molecule has 1 heterocycles. The van der Waals surface area contributed by atoms with Gasteiger partial charge in [0, 0.05) is 0 Å². The van der Waals surface area contributed by atoms with Crippen LogP contribution in [-0.4, -0.2) is 123 Å². The molecular formula is C101H195F21O12. The van der Waals surface area contributed by atoms with Gasteiger partial charge in [-0.2, -0.15) is 92.2 Å². The van der Waals surface area contributed by atoms with Gasteiger partial charge in [0.15, 0.2) is 34.7 Å². The molecule has 0 aromatic carbocycles. The number of methoxy groups -OCH3 is 1. The molecule has 9 fully saturated rings. The summed E-state index contributed by atoms with van der Waals surface area (Å²) >= 11 is 0. The van der Waals surface area contributed by atoms with Crippen molar-refractivity contribution in [1.82, 2.24) is 0 Å². The van der Waals surface area contributed by atoms with E-state index in [0.29, 0.717) is 49.5 Å². The summed E-state index contributed by atoms with van der Waals surface area (Å²) < 4.78 is 301. The van der Waals surface area contributed by atoms with Crippen LogP contribution in [-0.2, 0) is 57.1 Å². The van der Waals surface area contributed by atoms with Gasteiger partial charge in [-0.15, -0.1) is 0 Å². The molecular weight excluding hydrogens is 1800 g/mol. The lowest BCUT2D eigenvalue weighted by molar-refractivity contribution is -0.269. The van der Waals surface area contributed by atoms with E-state index in [2.05, 4.69) is 62.7 Å². The third-order valence-corrected chi connectivity index (χ3v) is 28.2. The van der Waals surface area contributed by atoms with Crippen LogP contribution in [0.1, 0.15) is 387 Å². The van der Waals surface area contributed by atoms with Gasteiger partial charge in [-0.05, 0) is 266 Å². The maximum absolute atomic E-state index is 13.6. The lowest BCUT2D eigenvalue weighted by Crippen LogP contribution is -2.54.